The van der Waals surface area contributed by atoms with Crippen LogP contribution < -0.4 is 5.73 Å². The van der Waals surface area contributed by atoms with Crippen LogP contribution >= 0.6 is 0 Å². The second-order valence-electron chi connectivity index (χ2n) is 4.71. The van der Waals surface area contributed by atoms with Gasteiger partial charge in [0.1, 0.15) is 0 Å². The number of rotatable bonds is 3. The monoisotopic (exact) mass is 262 g/mol. The Morgan fingerprint density at radius 1 is 1.00 bits per heavy atom. The first-order valence-corrected chi connectivity index (χ1v) is 6.45. The van der Waals surface area contributed by atoms with Gasteiger partial charge in [0.15, 0.2) is 5.78 Å². The highest BCUT2D eigenvalue weighted by atomic mass is 16.1. The molecule has 0 amide bonds. The number of pyridine rings is 1. The third-order valence-electron chi connectivity index (χ3n) is 3.32. The lowest BCUT2D eigenvalue weighted by atomic mass is 10.00. The lowest BCUT2D eigenvalue weighted by Gasteiger charge is -2.05. The molecule has 3 rings (SSSR count). The van der Waals surface area contributed by atoms with Gasteiger partial charge in [-0.25, -0.2) is 0 Å². The summed E-state index contributed by atoms with van der Waals surface area (Å²) in [6, 6.07) is 16.8. The van der Waals surface area contributed by atoms with Crippen molar-refractivity contribution in [3.05, 3.63) is 71.9 Å². The Morgan fingerprint density at radius 3 is 2.55 bits per heavy atom. The number of carbonyl (C=O) groups excluding carboxylic acids is 1. The molecule has 0 radical (unpaired) electrons. The zero-order chi connectivity index (χ0) is 13.9. The average molecular weight is 262 g/mol. The molecule has 2 N–H and O–H groups in total. The van der Waals surface area contributed by atoms with Crippen LogP contribution in [0, 0.1) is 0 Å². The van der Waals surface area contributed by atoms with Gasteiger partial charge < -0.3 is 5.73 Å². The molecule has 1 heterocycles. The summed E-state index contributed by atoms with van der Waals surface area (Å²) in [5.74, 6) is 0.0846. The highest BCUT2D eigenvalue weighted by Crippen LogP contribution is 2.18. The number of para-hydroxylation sites is 1. The van der Waals surface area contributed by atoms with Crippen LogP contribution in [0.4, 0.5) is 5.69 Å². The van der Waals surface area contributed by atoms with E-state index in [4.69, 9.17) is 5.73 Å². The van der Waals surface area contributed by atoms with Gasteiger partial charge >= 0.3 is 0 Å². The first kappa shape index (κ1) is 12.4. The topological polar surface area (TPSA) is 56.0 Å². The largest absolute Gasteiger partial charge is 0.399 e. The van der Waals surface area contributed by atoms with Gasteiger partial charge in [0.2, 0.25) is 0 Å². The standard InChI is InChI=1S/C17H14N2O/c18-14-7-5-12(6-8-14)17(20)11-13-9-10-19-16-4-2-1-3-15(13)16/h1-10H,11,18H2. The molecule has 98 valence electrons. The Bertz CT molecular complexity index is 758. The van der Waals surface area contributed by atoms with Crippen molar-refractivity contribution >= 4 is 22.4 Å². The van der Waals surface area contributed by atoms with E-state index in [1.165, 1.54) is 0 Å². The number of benzene rings is 2. The fourth-order valence-corrected chi connectivity index (χ4v) is 2.25. The van der Waals surface area contributed by atoms with Crippen molar-refractivity contribution < 1.29 is 4.79 Å². The van der Waals surface area contributed by atoms with Crippen molar-refractivity contribution in [1.29, 1.82) is 0 Å². The molecule has 0 fully saturated rings. The molecule has 0 atom stereocenters. The molecular formula is C17H14N2O. The van der Waals surface area contributed by atoms with Crippen molar-refractivity contribution in [1.82, 2.24) is 4.98 Å². The van der Waals surface area contributed by atoms with Crippen LogP contribution in [0.2, 0.25) is 0 Å². The van der Waals surface area contributed by atoms with Gasteiger partial charge in [0, 0.05) is 29.3 Å². The van der Waals surface area contributed by atoms with Crippen molar-refractivity contribution in [3.63, 3.8) is 0 Å². The zero-order valence-electron chi connectivity index (χ0n) is 10.9. The van der Waals surface area contributed by atoms with Gasteiger partial charge in [-0.15, -0.1) is 0 Å². The number of fused-ring (bicyclic) bond motifs is 1. The van der Waals surface area contributed by atoms with Crippen molar-refractivity contribution in [3.8, 4) is 0 Å². The second kappa shape index (κ2) is 5.13. The SMILES string of the molecule is Nc1ccc(C(=O)Cc2ccnc3ccccc23)cc1. The molecule has 0 saturated carbocycles. The molecule has 0 spiro atoms. The Labute approximate surface area is 117 Å². The van der Waals surface area contributed by atoms with Gasteiger partial charge in [-0.3, -0.25) is 9.78 Å². The maximum absolute atomic E-state index is 12.3. The Balaban J connectivity index is 1.93. The van der Waals surface area contributed by atoms with E-state index in [0.717, 1.165) is 16.5 Å². The maximum atomic E-state index is 12.3. The summed E-state index contributed by atoms with van der Waals surface area (Å²) in [5, 5.41) is 1.03. The molecule has 0 aliphatic rings. The third-order valence-corrected chi connectivity index (χ3v) is 3.32. The van der Waals surface area contributed by atoms with Crippen LogP contribution in [-0.2, 0) is 6.42 Å². The van der Waals surface area contributed by atoms with Gasteiger partial charge in [0.05, 0.1) is 5.52 Å². The van der Waals surface area contributed by atoms with Crippen LogP contribution in [0.3, 0.4) is 0 Å². The summed E-state index contributed by atoms with van der Waals surface area (Å²) in [5.41, 5.74) is 8.89. The summed E-state index contributed by atoms with van der Waals surface area (Å²) >= 11 is 0. The van der Waals surface area contributed by atoms with Crippen LogP contribution in [0.5, 0.6) is 0 Å². The van der Waals surface area contributed by atoms with E-state index in [1.807, 2.05) is 30.3 Å². The van der Waals surface area contributed by atoms with E-state index in [-0.39, 0.29) is 5.78 Å². The van der Waals surface area contributed by atoms with E-state index in [9.17, 15) is 4.79 Å². The molecule has 0 unspecified atom stereocenters. The molecule has 3 heteroatoms. The fraction of sp³-hybridized carbons (Fsp3) is 0.0588. The normalized spacial score (nSPS) is 10.6. The van der Waals surface area contributed by atoms with Gasteiger partial charge in [-0.2, -0.15) is 0 Å². The minimum atomic E-state index is 0.0846. The number of carbonyl (C=O) groups is 1. The number of ketones is 1. The van der Waals surface area contributed by atoms with Crippen molar-refractivity contribution in [2.24, 2.45) is 0 Å². The molecular weight excluding hydrogens is 248 g/mol. The van der Waals surface area contributed by atoms with Gasteiger partial charge in [-0.1, -0.05) is 18.2 Å². The van der Waals surface area contributed by atoms with E-state index in [1.54, 1.807) is 30.5 Å². The summed E-state index contributed by atoms with van der Waals surface area (Å²) in [6.45, 7) is 0. The molecule has 3 nitrogen and oxygen atoms in total. The van der Waals surface area contributed by atoms with Gasteiger partial charge in [0.25, 0.3) is 0 Å². The molecule has 20 heavy (non-hydrogen) atoms. The predicted octanol–water partition coefficient (Wildman–Crippen LogP) is 3.24. The Morgan fingerprint density at radius 2 is 1.75 bits per heavy atom. The minimum Gasteiger partial charge on any atom is -0.399 e. The maximum Gasteiger partial charge on any atom is 0.167 e. The number of hydrogen-bond donors (Lipinski definition) is 1. The number of nitrogen functional groups attached to an aromatic ring is 1. The van der Waals surface area contributed by atoms with E-state index < -0.39 is 0 Å². The number of anilines is 1. The second-order valence-corrected chi connectivity index (χ2v) is 4.71. The highest BCUT2D eigenvalue weighted by molar-refractivity contribution is 5.99. The summed E-state index contributed by atoms with van der Waals surface area (Å²) < 4.78 is 0. The van der Waals surface area contributed by atoms with Crippen molar-refractivity contribution in [2.45, 2.75) is 6.42 Å². The van der Waals surface area contributed by atoms with Gasteiger partial charge in [-0.05, 0) is 42.0 Å². The molecule has 1 aromatic heterocycles. The fourth-order valence-electron chi connectivity index (χ4n) is 2.25. The Hall–Kier alpha value is -2.68. The third kappa shape index (κ3) is 2.38. The average Bonchev–Trinajstić information content (AvgIpc) is 2.48. The first-order valence-electron chi connectivity index (χ1n) is 6.45. The molecule has 3 aromatic rings. The lowest BCUT2D eigenvalue weighted by molar-refractivity contribution is 0.0993. The number of aromatic nitrogens is 1. The van der Waals surface area contributed by atoms with Crippen LogP contribution in [-0.4, -0.2) is 10.8 Å². The lowest BCUT2D eigenvalue weighted by Crippen LogP contribution is -2.04. The number of hydrogen-bond acceptors (Lipinski definition) is 3. The quantitative estimate of drug-likeness (QED) is 0.582. The highest BCUT2D eigenvalue weighted by Gasteiger charge is 2.09. The smallest absolute Gasteiger partial charge is 0.167 e. The van der Waals surface area contributed by atoms with E-state index >= 15 is 0 Å². The molecule has 0 bridgehead atoms. The summed E-state index contributed by atoms with van der Waals surface area (Å²) in [6.07, 6.45) is 2.11. The van der Waals surface area contributed by atoms with Crippen LogP contribution in [0.15, 0.2) is 60.8 Å². The molecule has 0 aliphatic carbocycles. The van der Waals surface area contributed by atoms with E-state index in [2.05, 4.69) is 4.98 Å². The van der Waals surface area contributed by atoms with Crippen molar-refractivity contribution in [2.75, 3.05) is 5.73 Å². The van der Waals surface area contributed by atoms with Crippen LogP contribution in [0.25, 0.3) is 10.9 Å². The predicted molar refractivity (Wildman–Crippen MR) is 80.6 cm³/mol. The number of nitrogens with two attached hydrogens (primary N) is 1. The number of nitrogens with zero attached hydrogens (tertiary/aromatic N) is 1. The van der Waals surface area contributed by atoms with Crippen LogP contribution in [0.1, 0.15) is 15.9 Å². The molecule has 0 aliphatic heterocycles. The molecule has 2 aromatic carbocycles. The minimum absolute atomic E-state index is 0.0846. The summed E-state index contributed by atoms with van der Waals surface area (Å²) in [7, 11) is 0. The Kier molecular flexibility index (Phi) is 3.17. The zero-order valence-corrected chi connectivity index (χ0v) is 10.9. The number of Topliss-reactive ketones (excluding diaryl/α,β-unsaturated/α-hetero) is 1. The van der Waals surface area contributed by atoms with E-state index in [0.29, 0.717) is 17.7 Å². The first-order chi connectivity index (χ1) is 9.74. The molecule has 0 saturated heterocycles. The summed E-state index contributed by atoms with van der Waals surface area (Å²) in [4.78, 5) is 16.6.